The Bertz CT molecular complexity index is 769. The van der Waals surface area contributed by atoms with Crippen LogP contribution in [-0.4, -0.2) is 38.4 Å². The molecule has 0 bridgehead atoms. The maximum absolute atomic E-state index is 12.7. The van der Waals surface area contributed by atoms with Crippen LogP contribution in [0, 0.1) is 19.8 Å². The third-order valence-electron chi connectivity index (χ3n) is 5.95. The summed E-state index contributed by atoms with van der Waals surface area (Å²) < 4.78 is 2.37. The summed E-state index contributed by atoms with van der Waals surface area (Å²) in [6.07, 6.45) is 10.7. The van der Waals surface area contributed by atoms with E-state index in [0.29, 0.717) is 12.3 Å². The van der Waals surface area contributed by atoms with Crippen molar-refractivity contribution in [3.05, 3.63) is 33.8 Å². The average Bonchev–Trinajstić information content (AvgIpc) is 3.17. The monoisotopic (exact) mass is 372 g/mol. The van der Waals surface area contributed by atoms with Gasteiger partial charge >= 0.3 is 0 Å². The molecule has 2 aliphatic rings. The van der Waals surface area contributed by atoms with Crippen molar-refractivity contribution in [2.24, 2.45) is 5.92 Å². The molecule has 0 aromatic carbocycles. The number of piperidine rings is 1. The van der Waals surface area contributed by atoms with Gasteiger partial charge in [-0.2, -0.15) is 0 Å². The number of likely N-dealkylation sites (tertiary alicyclic amines) is 1. The molecule has 1 saturated heterocycles. The van der Waals surface area contributed by atoms with Crippen molar-refractivity contribution >= 4 is 17.2 Å². The maximum atomic E-state index is 12.7. The minimum Gasteiger partial charge on any atom is -0.342 e. The molecule has 4 rings (SSSR count). The van der Waals surface area contributed by atoms with Crippen LogP contribution in [0.3, 0.4) is 0 Å². The molecule has 2 aromatic rings. The number of amides is 1. The van der Waals surface area contributed by atoms with Crippen LogP contribution in [0.15, 0.2) is 12.4 Å². The van der Waals surface area contributed by atoms with Crippen LogP contribution < -0.4 is 0 Å². The first kappa shape index (κ1) is 17.7. The lowest BCUT2D eigenvalue weighted by atomic mass is 9.85. The number of aromatic nitrogens is 3. The molecule has 1 amide bonds. The van der Waals surface area contributed by atoms with Gasteiger partial charge in [0.15, 0.2) is 0 Å². The molecular formula is C20H28N4OS. The Kier molecular flexibility index (Phi) is 5.11. The third-order valence-corrected chi connectivity index (χ3v) is 7.02. The van der Waals surface area contributed by atoms with Crippen LogP contribution in [0.2, 0.25) is 0 Å². The average molecular weight is 373 g/mol. The summed E-state index contributed by atoms with van der Waals surface area (Å²) in [7, 11) is 0. The molecule has 140 valence electrons. The molecule has 0 N–H and O–H groups in total. The number of nitrogens with zero attached hydrogens (tertiary/aromatic N) is 4. The Morgan fingerprint density at radius 1 is 1.23 bits per heavy atom. The predicted molar refractivity (Wildman–Crippen MR) is 103 cm³/mol. The van der Waals surface area contributed by atoms with E-state index in [1.165, 1.54) is 25.1 Å². The summed E-state index contributed by atoms with van der Waals surface area (Å²) in [6, 6.07) is 0. The largest absolute Gasteiger partial charge is 0.342 e. The topological polar surface area (TPSA) is 51.0 Å². The van der Waals surface area contributed by atoms with Gasteiger partial charge in [0.25, 0.3) is 0 Å². The van der Waals surface area contributed by atoms with E-state index in [9.17, 15) is 4.79 Å². The second-order valence-corrected chi connectivity index (χ2v) is 9.10. The van der Waals surface area contributed by atoms with Crippen molar-refractivity contribution in [3.8, 4) is 0 Å². The zero-order valence-corrected chi connectivity index (χ0v) is 16.6. The lowest BCUT2D eigenvalue weighted by Gasteiger charge is -2.33. The molecule has 0 atom stereocenters. The molecule has 0 radical (unpaired) electrons. The first-order chi connectivity index (χ1) is 12.6. The van der Waals surface area contributed by atoms with Gasteiger partial charge in [0.1, 0.15) is 5.82 Å². The lowest BCUT2D eigenvalue weighted by molar-refractivity contribution is -0.131. The fourth-order valence-corrected chi connectivity index (χ4v) is 5.09. The van der Waals surface area contributed by atoms with E-state index >= 15 is 0 Å². The van der Waals surface area contributed by atoms with E-state index < -0.39 is 0 Å². The fourth-order valence-electron chi connectivity index (χ4n) is 4.16. The van der Waals surface area contributed by atoms with Crippen molar-refractivity contribution in [2.75, 3.05) is 13.1 Å². The Labute approximate surface area is 159 Å². The Balaban J connectivity index is 1.33. The smallest absolute Gasteiger partial charge is 0.227 e. The summed E-state index contributed by atoms with van der Waals surface area (Å²) in [5, 5.41) is 1.04. The molecule has 0 unspecified atom stereocenters. The van der Waals surface area contributed by atoms with Crippen LogP contribution in [0.1, 0.15) is 59.4 Å². The van der Waals surface area contributed by atoms with E-state index in [1.54, 1.807) is 11.3 Å². The zero-order chi connectivity index (χ0) is 18.1. The van der Waals surface area contributed by atoms with Crippen molar-refractivity contribution in [3.63, 3.8) is 0 Å². The summed E-state index contributed by atoms with van der Waals surface area (Å²) in [6.45, 7) is 6.81. The second-order valence-electron chi connectivity index (χ2n) is 7.81. The highest BCUT2D eigenvalue weighted by atomic mass is 32.1. The van der Waals surface area contributed by atoms with E-state index in [2.05, 4.69) is 20.7 Å². The molecule has 1 saturated carbocycles. The number of imidazole rings is 1. The van der Waals surface area contributed by atoms with E-state index in [0.717, 1.165) is 54.0 Å². The molecule has 2 fully saturated rings. The standard InChI is InChI=1S/C20H28N4OS/c1-14-18(26-15(2)22-14)12-19(25)23-9-6-17(7-10-23)20-21-8-11-24(20)13-16-4-3-5-16/h8,11,16-17H,3-7,9-10,12-13H2,1-2H3. The van der Waals surface area contributed by atoms with E-state index in [-0.39, 0.29) is 5.91 Å². The van der Waals surface area contributed by atoms with Gasteiger partial charge < -0.3 is 9.47 Å². The van der Waals surface area contributed by atoms with E-state index in [1.807, 2.05) is 24.9 Å². The fraction of sp³-hybridized carbons (Fsp3) is 0.650. The molecule has 26 heavy (non-hydrogen) atoms. The van der Waals surface area contributed by atoms with Crippen LogP contribution >= 0.6 is 11.3 Å². The van der Waals surface area contributed by atoms with Crippen LogP contribution in [0.25, 0.3) is 0 Å². The molecule has 3 heterocycles. The highest BCUT2D eigenvalue weighted by Gasteiger charge is 2.28. The summed E-state index contributed by atoms with van der Waals surface area (Å²) in [4.78, 5) is 24.9. The predicted octanol–water partition coefficient (Wildman–Crippen LogP) is 3.71. The first-order valence-corrected chi connectivity index (χ1v) is 10.6. The van der Waals surface area contributed by atoms with Crippen molar-refractivity contribution in [1.29, 1.82) is 0 Å². The zero-order valence-electron chi connectivity index (χ0n) is 15.8. The van der Waals surface area contributed by atoms with Crippen LogP contribution in [0.4, 0.5) is 0 Å². The normalized spacial score (nSPS) is 18.9. The molecule has 1 aliphatic carbocycles. The van der Waals surface area contributed by atoms with Gasteiger partial charge in [-0.3, -0.25) is 4.79 Å². The van der Waals surface area contributed by atoms with Crippen molar-refractivity contribution in [1.82, 2.24) is 19.4 Å². The molecule has 5 nitrogen and oxygen atoms in total. The molecular weight excluding hydrogens is 344 g/mol. The van der Waals surface area contributed by atoms with Crippen molar-refractivity contribution < 1.29 is 4.79 Å². The molecule has 2 aromatic heterocycles. The first-order valence-electron chi connectivity index (χ1n) is 9.82. The van der Waals surface area contributed by atoms with Crippen molar-refractivity contribution in [2.45, 2.75) is 64.8 Å². The number of carbonyl (C=O) groups excluding carboxylic acids is 1. The SMILES string of the molecule is Cc1nc(C)c(CC(=O)N2CCC(c3nccn3CC3CCC3)CC2)s1. The third kappa shape index (κ3) is 3.70. The second kappa shape index (κ2) is 7.51. The quantitative estimate of drug-likeness (QED) is 0.804. The summed E-state index contributed by atoms with van der Waals surface area (Å²) in [5.74, 6) is 2.81. The number of hydrogen-bond donors (Lipinski definition) is 0. The van der Waals surface area contributed by atoms with Crippen LogP contribution in [0.5, 0.6) is 0 Å². The lowest BCUT2D eigenvalue weighted by Crippen LogP contribution is -2.39. The maximum Gasteiger partial charge on any atom is 0.227 e. The number of hydrogen-bond acceptors (Lipinski definition) is 4. The van der Waals surface area contributed by atoms with Crippen LogP contribution in [-0.2, 0) is 17.8 Å². The summed E-state index contributed by atoms with van der Waals surface area (Å²) in [5.41, 5.74) is 1.01. The summed E-state index contributed by atoms with van der Waals surface area (Å²) >= 11 is 1.65. The Morgan fingerprint density at radius 2 is 2.00 bits per heavy atom. The van der Waals surface area contributed by atoms with E-state index in [4.69, 9.17) is 0 Å². The number of carbonyl (C=O) groups is 1. The Morgan fingerprint density at radius 3 is 2.62 bits per heavy atom. The van der Waals surface area contributed by atoms with Gasteiger partial charge in [-0.25, -0.2) is 9.97 Å². The Hall–Kier alpha value is -1.69. The highest BCUT2D eigenvalue weighted by Crippen LogP contribution is 2.32. The minimum atomic E-state index is 0.244. The van der Waals surface area contributed by atoms with Gasteiger partial charge in [0.05, 0.1) is 17.1 Å². The molecule has 6 heteroatoms. The van der Waals surface area contributed by atoms with Gasteiger partial charge in [-0.1, -0.05) is 6.42 Å². The van der Waals surface area contributed by atoms with Gasteiger partial charge in [-0.05, 0) is 45.4 Å². The number of rotatable bonds is 5. The highest BCUT2D eigenvalue weighted by molar-refractivity contribution is 7.11. The van der Waals surface area contributed by atoms with Gasteiger partial charge in [0.2, 0.25) is 5.91 Å². The van der Waals surface area contributed by atoms with Gasteiger partial charge in [-0.15, -0.1) is 11.3 Å². The minimum absolute atomic E-state index is 0.244. The van der Waals surface area contributed by atoms with Gasteiger partial charge in [0, 0.05) is 42.8 Å². The molecule has 0 spiro atoms. The molecule has 1 aliphatic heterocycles. The number of thiazole rings is 1. The number of aryl methyl sites for hydroxylation is 2.